The van der Waals surface area contributed by atoms with E-state index in [0.717, 1.165) is 10.7 Å². The van der Waals surface area contributed by atoms with E-state index in [-0.39, 0.29) is 0 Å². The molecule has 0 saturated carbocycles. The monoisotopic (exact) mass is 168 g/mol. The third-order valence-corrected chi connectivity index (χ3v) is 2.25. The number of nitrogens with one attached hydrogen (secondary N) is 1. The molecule has 0 aliphatic heterocycles. The van der Waals surface area contributed by atoms with E-state index < -0.39 is 0 Å². The molecule has 0 aliphatic carbocycles. The van der Waals surface area contributed by atoms with Crippen LogP contribution in [0.2, 0.25) is 0 Å². The second-order valence-electron chi connectivity index (χ2n) is 2.30. The lowest BCUT2D eigenvalue weighted by Gasteiger charge is -1.86. The second kappa shape index (κ2) is 3.53. The van der Waals surface area contributed by atoms with Gasteiger partial charge in [-0.15, -0.1) is 11.3 Å². The van der Waals surface area contributed by atoms with Crippen LogP contribution in [-0.2, 0) is 0 Å². The molecule has 0 spiro atoms. The van der Waals surface area contributed by atoms with E-state index in [1.54, 1.807) is 11.3 Å². The van der Waals surface area contributed by atoms with Gasteiger partial charge in [-0.3, -0.25) is 0 Å². The molecule has 0 aliphatic rings. The molecule has 3 heteroatoms. The summed E-state index contributed by atoms with van der Waals surface area (Å²) in [7, 11) is 1.88. The van der Waals surface area contributed by atoms with E-state index in [0.29, 0.717) is 0 Å². The van der Waals surface area contributed by atoms with Gasteiger partial charge >= 0.3 is 0 Å². The molecule has 0 amide bonds. The summed E-state index contributed by atoms with van der Waals surface area (Å²) in [5.74, 6) is 0. The Hall–Kier alpha value is -0.830. The highest BCUT2D eigenvalue weighted by atomic mass is 32.1. The van der Waals surface area contributed by atoms with Gasteiger partial charge in [0.25, 0.3) is 0 Å². The molecule has 0 saturated heterocycles. The first-order valence-electron chi connectivity index (χ1n) is 3.52. The lowest BCUT2D eigenvalue weighted by atomic mass is 10.4. The molecule has 1 heterocycles. The molecule has 1 aromatic heterocycles. The SMILES string of the molecule is CN/C=C\c1nc(C)sc1C. The zero-order valence-corrected chi connectivity index (χ0v) is 7.83. The van der Waals surface area contributed by atoms with Gasteiger partial charge in [0, 0.05) is 11.9 Å². The molecule has 0 unspecified atom stereocenters. The number of hydrogen-bond acceptors (Lipinski definition) is 3. The summed E-state index contributed by atoms with van der Waals surface area (Å²) in [6.45, 7) is 4.11. The van der Waals surface area contributed by atoms with E-state index in [2.05, 4.69) is 17.2 Å². The smallest absolute Gasteiger partial charge is 0.0904 e. The van der Waals surface area contributed by atoms with Gasteiger partial charge in [0.1, 0.15) is 0 Å². The predicted octanol–water partition coefficient (Wildman–Crippen LogP) is 1.95. The number of hydrogen-bond donors (Lipinski definition) is 1. The highest BCUT2D eigenvalue weighted by Gasteiger charge is 1.98. The number of thiazole rings is 1. The molecular formula is C8H12N2S. The molecule has 0 bridgehead atoms. The molecule has 1 rings (SSSR count). The van der Waals surface area contributed by atoms with Crippen LogP contribution in [0.1, 0.15) is 15.6 Å². The number of aromatic nitrogens is 1. The topological polar surface area (TPSA) is 24.9 Å². The Morgan fingerprint density at radius 3 is 2.64 bits per heavy atom. The third-order valence-electron chi connectivity index (χ3n) is 1.35. The van der Waals surface area contributed by atoms with Crippen LogP contribution in [-0.4, -0.2) is 12.0 Å². The fourth-order valence-corrected chi connectivity index (χ4v) is 1.67. The van der Waals surface area contributed by atoms with Gasteiger partial charge < -0.3 is 5.32 Å². The molecule has 60 valence electrons. The molecule has 0 aromatic carbocycles. The van der Waals surface area contributed by atoms with Crippen molar-refractivity contribution in [3.63, 3.8) is 0 Å². The molecular weight excluding hydrogens is 156 g/mol. The van der Waals surface area contributed by atoms with Gasteiger partial charge in [-0.1, -0.05) is 0 Å². The fourth-order valence-electron chi connectivity index (χ4n) is 0.862. The van der Waals surface area contributed by atoms with Crippen molar-refractivity contribution in [2.75, 3.05) is 7.05 Å². The first-order chi connectivity index (χ1) is 5.24. The van der Waals surface area contributed by atoms with Crippen molar-refractivity contribution in [1.29, 1.82) is 0 Å². The molecule has 11 heavy (non-hydrogen) atoms. The minimum Gasteiger partial charge on any atom is -0.394 e. The highest BCUT2D eigenvalue weighted by molar-refractivity contribution is 7.11. The first kappa shape index (κ1) is 8.27. The fraction of sp³-hybridized carbons (Fsp3) is 0.375. The van der Waals surface area contributed by atoms with Crippen molar-refractivity contribution in [3.8, 4) is 0 Å². The summed E-state index contributed by atoms with van der Waals surface area (Å²) >= 11 is 1.73. The maximum atomic E-state index is 4.34. The van der Waals surface area contributed by atoms with Crippen LogP contribution in [0.25, 0.3) is 6.08 Å². The summed E-state index contributed by atoms with van der Waals surface area (Å²) in [4.78, 5) is 5.61. The minimum absolute atomic E-state index is 1.07. The van der Waals surface area contributed by atoms with E-state index in [9.17, 15) is 0 Å². The first-order valence-corrected chi connectivity index (χ1v) is 4.33. The van der Waals surface area contributed by atoms with Crippen molar-refractivity contribution in [2.45, 2.75) is 13.8 Å². The number of nitrogens with zero attached hydrogens (tertiary/aromatic N) is 1. The largest absolute Gasteiger partial charge is 0.394 e. The summed E-state index contributed by atoms with van der Waals surface area (Å²) in [6.07, 6.45) is 3.88. The van der Waals surface area contributed by atoms with Crippen LogP contribution < -0.4 is 5.32 Å². The Labute approximate surface area is 71.0 Å². The minimum atomic E-state index is 1.07. The predicted molar refractivity (Wildman–Crippen MR) is 49.7 cm³/mol. The summed E-state index contributed by atoms with van der Waals surface area (Å²) < 4.78 is 0. The van der Waals surface area contributed by atoms with Crippen molar-refractivity contribution in [2.24, 2.45) is 0 Å². The van der Waals surface area contributed by atoms with Gasteiger partial charge in [-0.25, -0.2) is 4.98 Å². The summed E-state index contributed by atoms with van der Waals surface area (Å²) in [5, 5.41) is 4.06. The average molecular weight is 168 g/mol. The second-order valence-corrected chi connectivity index (χ2v) is 3.70. The number of rotatable bonds is 2. The lowest BCUT2D eigenvalue weighted by molar-refractivity contribution is 1.11. The molecule has 1 N–H and O–H groups in total. The van der Waals surface area contributed by atoms with Crippen LogP contribution in [0.5, 0.6) is 0 Å². The van der Waals surface area contributed by atoms with Crippen LogP contribution in [0.15, 0.2) is 6.20 Å². The van der Waals surface area contributed by atoms with Crippen molar-refractivity contribution >= 4 is 17.4 Å². The van der Waals surface area contributed by atoms with E-state index in [1.807, 2.05) is 26.2 Å². The molecule has 0 radical (unpaired) electrons. The molecule has 0 fully saturated rings. The van der Waals surface area contributed by atoms with Gasteiger partial charge in [0.15, 0.2) is 0 Å². The lowest BCUT2D eigenvalue weighted by Crippen LogP contribution is -1.91. The zero-order valence-electron chi connectivity index (χ0n) is 7.01. The normalized spacial score (nSPS) is 10.8. The van der Waals surface area contributed by atoms with E-state index >= 15 is 0 Å². The maximum absolute atomic E-state index is 4.34. The Morgan fingerprint density at radius 1 is 1.45 bits per heavy atom. The third kappa shape index (κ3) is 2.05. The van der Waals surface area contributed by atoms with Crippen molar-refractivity contribution < 1.29 is 0 Å². The van der Waals surface area contributed by atoms with Gasteiger partial charge in [-0.05, 0) is 26.1 Å². The zero-order chi connectivity index (χ0) is 8.27. The van der Waals surface area contributed by atoms with Crippen LogP contribution in [0.4, 0.5) is 0 Å². The quantitative estimate of drug-likeness (QED) is 0.730. The maximum Gasteiger partial charge on any atom is 0.0904 e. The summed E-state index contributed by atoms with van der Waals surface area (Å²) in [5.41, 5.74) is 1.07. The van der Waals surface area contributed by atoms with Crippen molar-refractivity contribution in [1.82, 2.24) is 10.3 Å². The summed E-state index contributed by atoms with van der Waals surface area (Å²) in [6, 6.07) is 0. The number of aryl methyl sites for hydroxylation is 2. The Bertz CT molecular complexity index is 263. The van der Waals surface area contributed by atoms with E-state index in [4.69, 9.17) is 0 Å². The Morgan fingerprint density at radius 2 is 2.18 bits per heavy atom. The molecule has 2 nitrogen and oxygen atoms in total. The highest BCUT2D eigenvalue weighted by Crippen LogP contribution is 2.16. The van der Waals surface area contributed by atoms with Gasteiger partial charge in [0.05, 0.1) is 10.7 Å². The Kier molecular flexibility index (Phi) is 2.65. The standard InChI is InChI=1S/C8H12N2S/c1-6-8(4-5-9-3)10-7(2)11-6/h4-5,9H,1-3H3/b5-4-. The average Bonchev–Trinajstić information content (AvgIpc) is 2.26. The Balaban J connectivity index is 2.85. The van der Waals surface area contributed by atoms with Gasteiger partial charge in [0.2, 0.25) is 0 Å². The van der Waals surface area contributed by atoms with Crippen LogP contribution >= 0.6 is 11.3 Å². The van der Waals surface area contributed by atoms with E-state index in [1.165, 1.54) is 4.88 Å². The molecule has 0 atom stereocenters. The van der Waals surface area contributed by atoms with Crippen molar-refractivity contribution in [3.05, 3.63) is 21.8 Å². The molecule has 1 aromatic rings. The van der Waals surface area contributed by atoms with Gasteiger partial charge in [-0.2, -0.15) is 0 Å². The van der Waals surface area contributed by atoms with Crippen LogP contribution in [0, 0.1) is 13.8 Å². The van der Waals surface area contributed by atoms with Crippen LogP contribution in [0.3, 0.4) is 0 Å².